The molecule has 2 fully saturated rings. The van der Waals surface area contributed by atoms with E-state index in [1.54, 1.807) is 0 Å². The summed E-state index contributed by atoms with van der Waals surface area (Å²) in [5, 5.41) is 0. The van der Waals surface area contributed by atoms with Gasteiger partial charge in [-0.15, -0.1) is 0 Å². The first-order valence-electron chi connectivity index (χ1n) is 8.94. The van der Waals surface area contributed by atoms with Gasteiger partial charge in [0.15, 0.2) is 0 Å². The molecule has 1 atom stereocenters. The normalized spacial score (nSPS) is 26.4. The first-order chi connectivity index (χ1) is 11.3. The molecule has 1 unspecified atom stereocenters. The van der Waals surface area contributed by atoms with Crippen molar-refractivity contribution in [2.45, 2.75) is 64.4 Å². The average Bonchev–Trinajstić information content (AvgIpc) is 2.76. The summed E-state index contributed by atoms with van der Waals surface area (Å²) in [6, 6.07) is 6.45. The third kappa shape index (κ3) is 2.35. The maximum atomic E-state index is 6.17. The average molecular weight is 330 g/mol. The third-order valence-corrected chi connectivity index (χ3v) is 5.87. The molecule has 2 aliphatic rings. The Labute approximate surface area is 144 Å². The Bertz CT molecular complexity index is 740. The van der Waals surface area contributed by atoms with Crippen LogP contribution in [0.1, 0.15) is 53.2 Å². The predicted octanol–water partition coefficient (Wildman–Crippen LogP) is 2.98. The Kier molecular flexibility index (Phi) is 3.64. The lowest BCUT2D eigenvalue weighted by Crippen LogP contribution is -2.41. The lowest BCUT2D eigenvalue weighted by Gasteiger charge is -2.33. The fourth-order valence-corrected chi connectivity index (χ4v) is 3.62. The first-order valence-corrected chi connectivity index (χ1v) is 8.94. The molecule has 3 heterocycles. The highest BCUT2D eigenvalue weighted by molar-refractivity contribution is 6.62. The fourth-order valence-electron chi connectivity index (χ4n) is 3.62. The highest BCUT2D eigenvalue weighted by atomic mass is 16.7. The highest BCUT2D eigenvalue weighted by Gasteiger charge is 2.51. The van der Waals surface area contributed by atoms with Crippen LogP contribution < -0.4 is 5.46 Å². The molecule has 0 saturated carbocycles. The third-order valence-electron chi connectivity index (χ3n) is 5.87. The molecule has 2 aromatic rings. The van der Waals surface area contributed by atoms with E-state index in [1.165, 1.54) is 23.9 Å². The van der Waals surface area contributed by atoms with E-state index in [0.29, 0.717) is 0 Å². The van der Waals surface area contributed by atoms with Crippen LogP contribution in [0.3, 0.4) is 0 Å². The van der Waals surface area contributed by atoms with Gasteiger partial charge >= 0.3 is 7.12 Å². The van der Waals surface area contributed by atoms with Gasteiger partial charge in [-0.2, -0.15) is 0 Å². The molecule has 0 radical (unpaired) electrons. The largest absolute Gasteiger partial charge is 0.494 e. The molecule has 24 heavy (non-hydrogen) atoms. The zero-order valence-corrected chi connectivity index (χ0v) is 15.3. The summed E-state index contributed by atoms with van der Waals surface area (Å²) in [4.78, 5) is 0. The molecule has 0 N–H and O–H groups in total. The monoisotopic (exact) mass is 330 g/mol. The molecule has 2 saturated heterocycles. The number of rotatable bonds is 2. The summed E-state index contributed by atoms with van der Waals surface area (Å²) in [6.45, 7) is 9.20. The number of hydrogen-bond donors (Lipinski definition) is 0. The highest BCUT2D eigenvalue weighted by Crippen LogP contribution is 2.37. The van der Waals surface area contributed by atoms with E-state index >= 15 is 0 Å². The predicted molar refractivity (Wildman–Crippen MR) is 95.5 cm³/mol. The second-order valence-corrected chi connectivity index (χ2v) is 8.03. The Balaban J connectivity index is 1.63. The number of hydrogen-bond acceptors (Lipinski definition) is 3. The SMILES string of the molecule is Cn1c2cc(B3OC(C)(C)C(C)(C)O3)ccc2n1C1CCCCO1. The van der Waals surface area contributed by atoms with Crippen molar-refractivity contribution < 1.29 is 14.0 Å². The molecule has 4 rings (SSSR count). The summed E-state index contributed by atoms with van der Waals surface area (Å²) >= 11 is 0. The maximum Gasteiger partial charge on any atom is 0.494 e. The van der Waals surface area contributed by atoms with E-state index in [2.05, 4.69) is 62.3 Å². The minimum atomic E-state index is -0.311. The van der Waals surface area contributed by atoms with Crippen LogP contribution in [0.15, 0.2) is 18.2 Å². The lowest BCUT2D eigenvalue weighted by atomic mass is 9.79. The Morgan fingerprint density at radius 3 is 2.38 bits per heavy atom. The Morgan fingerprint density at radius 2 is 1.75 bits per heavy atom. The van der Waals surface area contributed by atoms with Crippen molar-refractivity contribution in [1.82, 2.24) is 9.36 Å². The summed E-state index contributed by atoms with van der Waals surface area (Å²) < 4.78 is 22.7. The van der Waals surface area contributed by atoms with E-state index in [9.17, 15) is 0 Å². The minimum Gasteiger partial charge on any atom is -0.399 e. The van der Waals surface area contributed by atoms with Gasteiger partial charge in [0.2, 0.25) is 0 Å². The van der Waals surface area contributed by atoms with Crippen LogP contribution in [0, 0.1) is 0 Å². The van der Waals surface area contributed by atoms with Gasteiger partial charge in [-0.05, 0) is 64.6 Å². The van der Waals surface area contributed by atoms with Gasteiger partial charge < -0.3 is 14.0 Å². The van der Waals surface area contributed by atoms with Gasteiger partial charge in [0, 0.05) is 13.7 Å². The maximum absolute atomic E-state index is 6.17. The zero-order valence-electron chi connectivity index (χ0n) is 15.3. The van der Waals surface area contributed by atoms with E-state index in [0.717, 1.165) is 18.5 Å². The molecule has 2 aliphatic heterocycles. The fraction of sp³-hybridized carbons (Fsp3) is 0.667. The summed E-state index contributed by atoms with van der Waals surface area (Å²) in [5.41, 5.74) is 2.88. The van der Waals surface area contributed by atoms with Gasteiger partial charge in [-0.25, -0.2) is 0 Å². The number of ether oxygens (including phenoxy) is 1. The van der Waals surface area contributed by atoms with E-state index in [4.69, 9.17) is 14.0 Å². The van der Waals surface area contributed by atoms with Gasteiger partial charge in [0.1, 0.15) is 6.23 Å². The molecule has 130 valence electrons. The molecular weight excluding hydrogens is 303 g/mol. The van der Waals surface area contributed by atoms with Crippen molar-refractivity contribution in [1.29, 1.82) is 0 Å². The van der Waals surface area contributed by atoms with Crippen LogP contribution in [0.2, 0.25) is 0 Å². The first kappa shape index (κ1) is 16.2. The van der Waals surface area contributed by atoms with Crippen LogP contribution in [0.4, 0.5) is 0 Å². The quantitative estimate of drug-likeness (QED) is 0.795. The smallest absolute Gasteiger partial charge is 0.399 e. The summed E-state index contributed by atoms with van der Waals surface area (Å²) in [7, 11) is 1.78. The van der Waals surface area contributed by atoms with Crippen molar-refractivity contribution in [3.8, 4) is 0 Å². The van der Waals surface area contributed by atoms with Crippen LogP contribution in [0.5, 0.6) is 0 Å². The number of aryl methyl sites for hydroxylation is 1. The second kappa shape index (κ2) is 5.38. The lowest BCUT2D eigenvalue weighted by molar-refractivity contribution is -0.0446. The van der Waals surface area contributed by atoms with E-state index < -0.39 is 0 Å². The van der Waals surface area contributed by atoms with Crippen LogP contribution in [-0.2, 0) is 21.1 Å². The Morgan fingerprint density at radius 1 is 1.04 bits per heavy atom. The van der Waals surface area contributed by atoms with Crippen molar-refractivity contribution in [3.05, 3.63) is 18.2 Å². The van der Waals surface area contributed by atoms with Gasteiger partial charge in [0.25, 0.3) is 0 Å². The van der Waals surface area contributed by atoms with E-state index in [1.807, 2.05) is 0 Å². The van der Waals surface area contributed by atoms with Gasteiger partial charge in [-0.3, -0.25) is 9.36 Å². The second-order valence-electron chi connectivity index (χ2n) is 8.03. The molecule has 0 bridgehead atoms. The number of nitrogens with zero attached hydrogens (tertiary/aromatic N) is 2. The molecule has 1 aromatic heterocycles. The molecule has 0 amide bonds. The molecule has 1 aromatic carbocycles. The molecule has 0 aliphatic carbocycles. The molecule has 0 spiro atoms. The molecule has 5 nitrogen and oxygen atoms in total. The number of benzene rings is 1. The van der Waals surface area contributed by atoms with Crippen LogP contribution in [-0.4, -0.2) is 34.3 Å². The van der Waals surface area contributed by atoms with Crippen molar-refractivity contribution in [2.24, 2.45) is 7.05 Å². The zero-order chi connectivity index (χ0) is 17.1. The number of aromatic nitrogens is 2. The van der Waals surface area contributed by atoms with Crippen LogP contribution >= 0.6 is 0 Å². The van der Waals surface area contributed by atoms with Gasteiger partial charge in [-0.1, -0.05) is 6.07 Å². The standard InChI is InChI=1S/C18H27BN2O3/c1-17(2)18(3,4)24-19(23-17)13-9-10-14-15(12-13)20(5)21(14)16-8-6-7-11-22-16/h9-10,12,16H,6-8,11H2,1-5H3. The molecule has 6 heteroatoms. The topological polar surface area (TPSA) is 37.5 Å². The van der Waals surface area contributed by atoms with Crippen LogP contribution in [0.25, 0.3) is 11.0 Å². The minimum absolute atomic E-state index is 0.166. The summed E-state index contributed by atoms with van der Waals surface area (Å²) in [5.74, 6) is 0. The van der Waals surface area contributed by atoms with Gasteiger partial charge in [0.05, 0.1) is 22.2 Å². The Hall–Kier alpha value is -1.24. The van der Waals surface area contributed by atoms with E-state index in [-0.39, 0.29) is 24.5 Å². The van der Waals surface area contributed by atoms with Crippen molar-refractivity contribution in [3.63, 3.8) is 0 Å². The number of fused-ring (bicyclic) bond motifs is 1. The molecular formula is C18H27BN2O3. The van der Waals surface area contributed by atoms with Crippen molar-refractivity contribution in [2.75, 3.05) is 6.61 Å². The summed E-state index contributed by atoms with van der Waals surface area (Å²) in [6.07, 6.45) is 3.65. The van der Waals surface area contributed by atoms with Crippen molar-refractivity contribution >= 4 is 23.6 Å².